The summed E-state index contributed by atoms with van der Waals surface area (Å²) in [5, 5.41) is 11.5. The number of anilines is 1. The summed E-state index contributed by atoms with van der Waals surface area (Å²) in [6, 6.07) is 22.3. The molecule has 59 heavy (non-hydrogen) atoms. The summed E-state index contributed by atoms with van der Waals surface area (Å²) in [5.41, 5.74) is 2.88. The van der Waals surface area contributed by atoms with Gasteiger partial charge >= 0.3 is 12.3 Å². The molecule has 17 heteroatoms. The van der Waals surface area contributed by atoms with Gasteiger partial charge < -0.3 is 29.6 Å². The molecule has 5 aromatic rings. The van der Waals surface area contributed by atoms with E-state index in [1.54, 1.807) is 10.7 Å². The minimum atomic E-state index is -4.62. The molecule has 0 fully saturated rings. The van der Waals surface area contributed by atoms with E-state index in [1.165, 1.54) is 0 Å². The lowest BCUT2D eigenvalue weighted by atomic mass is 9.99. The van der Waals surface area contributed by atoms with Crippen molar-refractivity contribution in [2.75, 3.05) is 25.3 Å². The topological polar surface area (TPSA) is 109 Å². The van der Waals surface area contributed by atoms with Crippen molar-refractivity contribution in [1.82, 2.24) is 20.1 Å². The molecule has 5 rings (SSSR count). The van der Waals surface area contributed by atoms with Crippen LogP contribution in [0.1, 0.15) is 22.3 Å². The molecule has 3 aromatic carbocycles. The highest BCUT2D eigenvalue weighted by molar-refractivity contribution is 14.1. The van der Waals surface area contributed by atoms with Crippen molar-refractivity contribution in [3.05, 3.63) is 105 Å². The number of rotatable bonds is 20. The van der Waals surface area contributed by atoms with E-state index in [1.807, 2.05) is 54.6 Å². The molecule has 0 bridgehead atoms. The predicted octanol–water partition coefficient (Wildman–Crippen LogP) is 11.0. The summed E-state index contributed by atoms with van der Waals surface area (Å²) in [4.78, 5) is 17.4. The smallest absolute Gasteiger partial charge is 0.407 e. The number of halogens is 5. The van der Waals surface area contributed by atoms with E-state index in [-0.39, 0.29) is 55.8 Å². The van der Waals surface area contributed by atoms with Gasteiger partial charge in [-0.05, 0) is 75.1 Å². The molecule has 0 saturated carbocycles. The lowest BCUT2D eigenvalue weighted by Crippen LogP contribution is -2.24. The molecular formula is C42H52F4IN5O5Si2. The van der Waals surface area contributed by atoms with Gasteiger partial charge in [-0.25, -0.2) is 18.9 Å². The standard InChI is InChI=1S/C42H52F4IN5O5Si2/c1-58(2,3)18-16-54-27-52-36-22-35(33-21-34(43)37(20-32(33)23-42(44,45)46)57-28-55-17-19-59(4,5)6)50-40(38(36)39(47)51-52)48-24-30-14-10-11-15-31(30)25-49-41(53)56-26-29-12-8-7-9-13-29/h7-15,20-22H,16-19,23-28H2,1-6H3,(H,48,50)(H,49,53). The Balaban J connectivity index is 1.46. The maximum atomic E-state index is 15.8. The Labute approximate surface area is 358 Å². The maximum Gasteiger partial charge on any atom is 0.407 e. The van der Waals surface area contributed by atoms with Crippen LogP contribution in [0.15, 0.2) is 72.8 Å². The van der Waals surface area contributed by atoms with Crippen molar-refractivity contribution in [2.24, 2.45) is 0 Å². The summed E-state index contributed by atoms with van der Waals surface area (Å²) in [7, 11) is -2.79. The molecule has 318 valence electrons. The first kappa shape index (κ1) is 46.0. The maximum absolute atomic E-state index is 15.8. The quantitative estimate of drug-likeness (QED) is 0.0261. The third-order valence-corrected chi connectivity index (χ3v) is 13.4. The molecular weight excluding hydrogens is 914 g/mol. The first-order valence-electron chi connectivity index (χ1n) is 19.4. The van der Waals surface area contributed by atoms with Crippen LogP contribution in [-0.2, 0) is 47.1 Å². The van der Waals surface area contributed by atoms with Crippen molar-refractivity contribution in [1.29, 1.82) is 0 Å². The predicted molar refractivity (Wildman–Crippen MR) is 236 cm³/mol. The van der Waals surface area contributed by atoms with Crippen molar-refractivity contribution in [2.45, 2.75) is 90.4 Å². The molecule has 2 heterocycles. The van der Waals surface area contributed by atoms with Crippen LogP contribution in [0.5, 0.6) is 5.75 Å². The highest BCUT2D eigenvalue weighted by atomic mass is 127. The minimum absolute atomic E-state index is 0.0437. The van der Waals surface area contributed by atoms with Gasteiger partial charge in [0.05, 0.1) is 23.0 Å². The van der Waals surface area contributed by atoms with E-state index in [2.05, 4.69) is 72.5 Å². The average Bonchev–Trinajstić information content (AvgIpc) is 3.48. The van der Waals surface area contributed by atoms with E-state index in [0.717, 1.165) is 40.9 Å². The number of alkyl halides is 3. The first-order chi connectivity index (χ1) is 27.8. The van der Waals surface area contributed by atoms with Crippen molar-refractivity contribution < 1.29 is 41.3 Å². The van der Waals surface area contributed by atoms with Gasteiger partial charge in [-0.15, -0.1) is 0 Å². The Kier molecular flexibility index (Phi) is 16.0. The Morgan fingerprint density at radius 2 is 1.49 bits per heavy atom. The number of aromatic nitrogens is 3. The lowest BCUT2D eigenvalue weighted by Gasteiger charge is -2.18. The van der Waals surface area contributed by atoms with Gasteiger partial charge in [0.15, 0.2) is 18.4 Å². The second-order valence-corrected chi connectivity index (χ2v) is 28.9. The fourth-order valence-corrected chi connectivity index (χ4v) is 8.22. The summed E-state index contributed by atoms with van der Waals surface area (Å²) in [6.45, 7) is 14.6. The third kappa shape index (κ3) is 14.6. The second-order valence-electron chi connectivity index (χ2n) is 16.6. The molecule has 10 nitrogen and oxygen atoms in total. The van der Waals surface area contributed by atoms with Crippen LogP contribution in [0.25, 0.3) is 22.2 Å². The van der Waals surface area contributed by atoms with Crippen LogP contribution in [0, 0.1) is 9.52 Å². The molecule has 0 unspecified atom stereocenters. The van der Waals surface area contributed by atoms with Gasteiger partial charge in [-0.2, -0.15) is 18.3 Å². The van der Waals surface area contributed by atoms with Gasteiger partial charge in [0.2, 0.25) is 0 Å². The number of pyridine rings is 1. The molecule has 2 N–H and O–H groups in total. The number of carbonyl (C=O) groups is 1. The van der Waals surface area contributed by atoms with Crippen molar-refractivity contribution >= 4 is 61.6 Å². The van der Waals surface area contributed by atoms with Gasteiger partial charge in [0, 0.05) is 48.0 Å². The van der Waals surface area contributed by atoms with E-state index >= 15 is 4.39 Å². The van der Waals surface area contributed by atoms with E-state index < -0.39 is 40.7 Å². The monoisotopic (exact) mass is 965 g/mol. The van der Waals surface area contributed by atoms with Crippen LogP contribution in [-0.4, -0.2) is 63.2 Å². The zero-order valence-electron chi connectivity index (χ0n) is 34.3. The van der Waals surface area contributed by atoms with Crippen LogP contribution in [0.2, 0.25) is 51.4 Å². The van der Waals surface area contributed by atoms with Crippen LogP contribution in [0.3, 0.4) is 0 Å². The molecule has 0 saturated heterocycles. The lowest BCUT2D eigenvalue weighted by molar-refractivity contribution is -0.127. The van der Waals surface area contributed by atoms with Crippen molar-refractivity contribution in [3.63, 3.8) is 0 Å². The number of amides is 1. The van der Waals surface area contributed by atoms with Crippen LogP contribution < -0.4 is 15.4 Å². The van der Waals surface area contributed by atoms with Crippen LogP contribution >= 0.6 is 22.6 Å². The first-order valence-corrected chi connectivity index (χ1v) is 27.8. The van der Waals surface area contributed by atoms with E-state index in [0.29, 0.717) is 33.6 Å². The number of alkyl carbamates (subject to hydrolysis) is 1. The molecule has 0 aliphatic carbocycles. The second kappa shape index (κ2) is 20.5. The molecule has 2 aromatic heterocycles. The summed E-state index contributed by atoms with van der Waals surface area (Å²) in [5.74, 6) is -0.864. The molecule has 1 amide bonds. The Hall–Kier alpha value is -4.05. The summed E-state index contributed by atoms with van der Waals surface area (Å²) in [6.07, 6.45) is -6.53. The summed E-state index contributed by atoms with van der Waals surface area (Å²) >= 11 is 2.10. The fourth-order valence-electron chi connectivity index (χ4n) is 5.91. The highest BCUT2D eigenvalue weighted by Crippen LogP contribution is 2.37. The number of nitrogens with one attached hydrogen (secondary N) is 2. The molecule has 0 spiro atoms. The normalized spacial score (nSPS) is 12.2. The number of benzene rings is 3. The van der Waals surface area contributed by atoms with E-state index in [4.69, 9.17) is 29.0 Å². The SMILES string of the molecule is C[Si](C)(C)CCOCOc1cc(CC(F)(F)F)c(-c2cc3c(c(I)nn3COCC[Si](C)(C)C)c(NCc3ccccc3CNC(=O)OCc3ccccc3)n2)cc1F. The number of hydrogen-bond donors (Lipinski definition) is 2. The molecule has 0 aliphatic rings. The Bertz CT molecular complexity index is 2180. The van der Waals surface area contributed by atoms with Gasteiger partial charge in [-0.1, -0.05) is 93.9 Å². The molecule has 0 aliphatic heterocycles. The summed E-state index contributed by atoms with van der Waals surface area (Å²) < 4.78 is 82.8. The number of carbonyl (C=O) groups excluding carboxylic acids is 1. The number of ether oxygens (including phenoxy) is 4. The van der Waals surface area contributed by atoms with Crippen molar-refractivity contribution in [3.8, 4) is 17.0 Å². The zero-order chi connectivity index (χ0) is 42.8. The zero-order valence-corrected chi connectivity index (χ0v) is 38.4. The molecule has 0 radical (unpaired) electrons. The van der Waals surface area contributed by atoms with Crippen LogP contribution in [0.4, 0.5) is 28.2 Å². The molecule has 0 atom stereocenters. The third-order valence-electron chi connectivity index (χ3n) is 9.22. The van der Waals surface area contributed by atoms with Gasteiger partial charge in [0.25, 0.3) is 0 Å². The van der Waals surface area contributed by atoms with Gasteiger partial charge in [0.1, 0.15) is 22.9 Å². The number of fused-ring (bicyclic) bond motifs is 1. The largest absolute Gasteiger partial charge is 0.464 e. The minimum Gasteiger partial charge on any atom is -0.464 e. The number of hydrogen-bond acceptors (Lipinski definition) is 8. The Morgan fingerprint density at radius 1 is 0.847 bits per heavy atom. The van der Waals surface area contributed by atoms with E-state index in [9.17, 15) is 18.0 Å². The highest BCUT2D eigenvalue weighted by Gasteiger charge is 2.31. The fraction of sp³-hybridized carbons (Fsp3) is 0.405. The average molecular weight is 966 g/mol. The number of nitrogens with zero attached hydrogens (tertiary/aromatic N) is 3. The Morgan fingerprint density at radius 3 is 2.15 bits per heavy atom. The van der Waals surface area contributed by atoms with Gasteiger partial charge in [-0.3, -0.25) is 0 Å².